The maximum atomic E-state index is 12.9. The third kappa shape index (κ3) is 2.60. The first-order valence-electron chi connectivity index (χ1n) is 7.04. The minimum absolute atomic E-state index is 0.0985. The summed E-state index contributed by atoms with van der Waals surface area (Å²) in [4.78, 5) is 16.0. The molecule has 0 unspecified atom stereocenters. The molecule has 0 saturated heterocycles. The lowest BCUT2D eigenvalue weighted by atomic mass is 10.0. The number of halogens is 1. The van der Waals surface area contributed by atoms with Crippen molar-refractivity contribution in [1.29, 1.82) is 0 Å². The summed E-state index contributed by atoms with van der Waals surface area (Å²) in [7, 11) is 0. The second-order valence-electron chi connectivity index (χ2n) is 5.23. The quantitative estimate of drug-likeness (QED) is 0.841. The van der Waals surface area contributed by atoms with E-state index in [0.29, 0.717) is 0 Å². The highest BCUT2D eigenvalue weighted by molar-refractivity contribution is 9.10. The molecule has 21 heavy (non-hydrogen) atoms. The molecule has 1 N–H and O–H groups in total. The fourth-order valence-electron chi connectivity index (χ4n) is 2.60. The number of para-hydroxylation sites is 1. The molecule has 0 bridgehead atoms. The van der Waals surface area contributed by atoms with Crippen LogP contribution in [0.5, 0.6) is 0 Å². The van der Waals surface area contributed by atoms with Crippen molar-refractivity contribution in [2.24, 2.45) is 0 Å². The van der Waals surface area contributed by atoms with Gasteiger partial charge >= 0.3 is 0 Å². The van der Waals surface area contributed by atoms with E-state index in [2.05, 4.69) is 46.5 Å². The molecule has 1 aromatic carbocycles. The molecule has 2 heterocycles. The Morgan fingerprint density at radius 3 is 2.86 bits per heavy atom. The van der Waals surface area contributed by atoms with Gasteiger partial charge in [0.05, 0.1) is 5.56 Å². The molecular formula is C16H17BrN2OS. The Morgan fingerprint density at radius 2 is 2.19 bits per heavy atom. The van der Waals surface area contributed by atoms with Crippen LogP contribution in [0.25, 0.3) is 0 Å². The predicted octanol–water partition coefficient (Wildman–Crippen LogP) is 4.88. The van der Waals surface area contributed by atoms with E-state index < -0.39 is 0 Å². The van der Waals surface area contributed by atoms with Gasteiger partial charge in [0.1, 0.15) is 6.17 Å². The van der Waals surface area contributed by atoms with Crippen LogP contribution in [0.4, 0.5) is 5.69 Å². The molecule has 0 aliphatic carbocycles. The zero-order chi connectivity index (χ0) is 15.0. The van der Waals surface area contributed by atoms with Crippen LogP contribution in [0, 0.1) is 0 Å². The number of benzene rings is 1. The number of hydrogen-bond donors (Lipinski definition) is 1. The molecule has 2 atom stereocenters. The van der Waals surface area contributed by atoms with Crippen LogP contribution in [0.2, 0.25) is 0 Å². The number of anilines is 1. The van der Waals surface area contributed by atoms with Gasteiger partial charge in [0.25, 0.3) is 5.91 Å². The van der Waals surface area contributed by atoms with Gasteiger partial charge in [0.15, 0.2) is 0 Å². The van der Waals surface area contributed by atoms with E-state index in [-0.39, 0.29) is 18.1 Å². The van der Waals surface area contributed by atoms with Gasteiger partial charge < -0.3 is 10.2 Å². The standard InChI is InChI=1S/C16H17BrN2OS/c1-3-10(2)19-15(14-8-11(17)9-21-14)18-13-7-5-4-6-12(13)16(19)20/h4-10,15,18H,3H2,1-2H3/t10-,15-/m0/s1. The van der Waals surface area contributed by atoms with Crippen LogP contribution in [0.3, 0.4) is 0 Å². The summed E-state index contributed by atoms with van der Waals surface area (Å²) >= 11 is 5.16. The molecule has 3 rings (SSSR count). The highest BCUT2D eigenvalue weighted by Crippen LogP contribution is 2.37. The summed E-state index contributed by atoms with van der Waals surface area (Å²) in [6, 6.07) is 10.00. The monoisotopic (exact) mass is 364 g/mol. The van der Waals surface area contributed by atoms with Crippen molar-refractivity contribution in [1.82, 2.24) is 4.90 Å². The Hall–Kier alpha value is -1.33. The summed E-state index contributed by atoms with van der Waals surface area (Å²) in [5.74, 6) is 0.105. The number of amides is 1. The summed E-state index contributed by atoms with van der Waals surface area (Å²) < 4.78 is 1.06. The molecule has 0 radical (unpaired) electrons. The zero-order valence-corrected chi connectivity index (χ0v) is 14.4. The molecule has 0 fully saturated rings. The number of carbonyl (C=O) groups is 1. The van der Waals surface area contributed by atoms with Gasteiger partial charge in [-0.1, -0.05) is 19.1 Å². The van der Waals surface area contributed by atoms with Gasteiger partial charge in [-0.05, 0) is 47.5 Å². The topological polar surface area (TPSA) is 32.3 Å². The lowest BCUT2D eigenvalue weighted by Crippen LogP contribution is -2.47. The van der Waals surface area contributed by atoms with Crippen LogP contribution >= 0.6 is 27.3 Å². The molecule has 1 aliphatic rings. The molecule has 1 aromatic heterocycles. The first-order chi connectivity index (χ1) is 10.1. The van der Waals surface area contributed by atoms with Crippen molar-refractivity contribution in [3.8, 4) is 0 Å². The second-order valence-corrected chi connectivity index (χ2v) is 7.09. The van der Waals surface area contributed by atoms with Gasteiger partial charge in [0.2, 0.25) is 0 Å². The Morgan fingerprint density at radius 1 is 1.43 bits per heavy atom. The molecule has 0 spiro atoms. The Labute approximate surface area is 137 Å². The number of nitrogens with zero attached hydrogens (tertiary/aromatic N) is 1. The van der Waals surface area contributed by atoms with Gasteiger partial charge in [-0.2, -0.15) is 0 Å². The fourth-order valence-corrected chi connectivity index (χ4v) is 4.09. The van der Waals surface area contributed by atoms with Crippen LogP contribution < -0.4 is 5.32 Å². The summed E-state index contributed by atoms with van der Waals surface area (Å²) in [6.45, 7) is 4.21. The highest BCUT2D eigenvalue weighted by atomic mass is 79.9. The van der Waals surface area contributed by atoms with Crippen molar-refractivity contribution in [2.75, 3.05) is 5.32 Å². The number of nitrogens with one attached hydrogen (secondary N) is 1. The average Bonchev–Trinajstić information content (AvgIpc) is 2.93. The first kappa shape index (κ1) is 14.6. The molecule has 110 valence electrons. The fraction of sp³-hybridized carbons (Fsp3) is 0.312. The Kier molecular flexibility index (Phi) is 4.04. The van der Waals surface area contributed by atoms with Gasteiger partial charge in [-0.25, -0.2) is 0 Å². The van der Waals surface area contributed by atoms with E-state index in [1.165, 1.54) is 0 Å². The summed E-state index contributed by atoms with van der Waals surface area (Å²) in [6.07, 6.45) is 0.831. The van der Waals surface area contributed by atoms with Gasteiger partial charge in [-0.3, -0.25) is 4.79 Å². The molecule has 5 heteroatoms. The van der Waals surface area contributed by atoms with Crippen molar-refractivity contribution in [3.63, 3.8) is 0 Å². The molecule has 1 aliphatic heterocycles. The van der Waals surface area contributed by atoms with E-state index >= 15 is 0 Å². The van der Waals surface area contributed by atoms with Crippen molar-refractivity contribution >= 4 is 38.9 Å². The smallest absolute Gasteiger partial charge is 0.258 e. The maximum absolute atomic E-state index is 12.9. The molecule has 1 amide bonds. The average molecular weight is 365 g/mol. The van der Waals surface area contributed by atoms with Crippen LogP contribution in [-0.4, -0.2) is 16.8 Å². The molecule has 0 saturated carbocycles. The lowest BCUT2D eigenvalue weighted by molar-refractivity contribution is 0.0597. The maximum Gasteiger partial charge on any atom is 0.258 e. The van der Waals surface area contributed by atoms with Crippen LogP contribution in [-0.2, 0) is 0 Å². The SMILES string of the molecule is CC[C@H](C)N1C(=O)c2ccccc2N[C@@H]1c1cc(Br)cs1. The third-order valence-corrected chi connectivity index (χ3v) is 5.63. The Bertz CT molecular complexity index is 670. The Balaban J connectivity index is 2.07. The van der Waals surface area contributed by atoms with E-state index in [9.17, 15) is 4.79 Å². The van der Waals surface area contributed by atoms with E-state index in [1.54, 1.807) is 11.3 Å². The number of hydrogen-bond acceptors (Lipinski definition) is 3. The first-order valence-corrected chi connectivity index (χ1v) is 8.71. The van der Waals surface area contributed by atoms with Crippen molar-refractivity contribution in [3.05, 3.63) is 50.6 Å². The largest absolute Gasteiger partial charge is 0.360 e. The van der Waals surface area contributed by atoms with Crippen LogP contribution in [0.1, 0.15) is 41.7 Å². The molecule has 2 aromatic rings. The minimum Gasteiger partial charge on any atom is -0.360 e. The normalized spacial score (nSPS) is 19.1. The van der Waals surface area contributed by atoms with Crippen LogP contribution in [0.15, 0.2) is 40.2 Å². The van der Waals surface area contributed by atoms with Crippen molar-refractivity contribution in [2.45, 2.75) is 32.5 Å². The van der Waals surface area contributed by atoms with E-state index in [0.717, 1.165) is 27.0 Å². The highest BCUT2D eigenvalue weighted by Gasteiger charge is 2.35. The molecular weight excluding hydrogens is 348 g/mol. The van der Waals surface area contributed by atoms with Crippen molar-refractivity contribution < 1.29 is 4.79 Å². The van der Waals surface area contributed by atoms with E-state index in [4.69, 9.17) is 0 Å². The number of rotatable bonds is 3. The summed E-state index contributed by atoms with van der Waals surface area (Å²) in [5.41, 5.74) is 1.67. The summed E-state index contributed by atoms with van der Waals surface area (Å²) in [5, 5.41) is 5.57. The van der Waals surface area contributed by atoms with E-state index in [1.807, 2.05) is 29.2 Å². The van der Waals surface area contributed by atoms with Gasteiger partial charge in [0, 0.05) is 26.5 Å². The predicted molar refractivity (Wildman–Crippen MR) is 90.7 cm³/mol. The number of thiophene rings is 1. The zero-order valence-electron chi connectivity index (χ0n) is 12.0. The number of fused-ring (bicyclic) bond motifs is 1. The minimum atomic E-state index is -0.0985. The lowest BCUT2D eigenvalue weighted by Gasteiger charge is -2.40. The third-order valence-electron chi connectivity index (χ3n) is 3.89. The number of carbonyl (C=O) groups excluding carboxylic acids is 1. The second kappa shape index (κ2) is 5.81. The van der Waals surface area contributed by atoms with Gasteiger partial charge in [-0.15, -0.1) is 11.3 Å². The molecule has 3 nitrogen and oxygen atoms in total.